The fraction of sp³-hybridized carbons (Fsp3) is 0.419. The van der Waals surface area contributed by atoms with Crippen molar-refractivity contribution < 1.29 is 19.1 Å². The Bertz CT molecular complexity index is 1680. The molecule has 1 saturated heterocycles. The zero-order valence-corrected chi connectivity index (χ0v) is 26.5. The van der Waals surface area contributed by atoms with E-state index in [1.165, 1.54) is 6.92 Å². The van der Waals surface area contributed by atoms with Gasteiger partial charge in [-0.15, -0.1) is 23.2 Å². The maximum Gasteiger partial charge on any atom is 0.343 e. The number of epoxide rings is 1. The second-order valence-electron chi connectivity index (χ2n) is 11.8. The van der Waals surface area contributed by atoms with Crippen molar-refractivity contribution in [2.24, 2.45) is 23.7 Å². The summed E-state index contributed by atoms with van der Waals surface area (Å²) in [6.45, 7) is 1.47. The van der Waals surface area contributed by atoms with E-state index in [-0.39, 0.29) is 47.6 Å². The third-order valence-electron chi connectivity index (χ3n) is 9.79. The molecule has 4 fully saturated rings. The Morgan fingerprint density at radius 3 is 2.05 bits per heavy atom. The van der Waals surface area contributed by atoms with Crippen molar-refractivity contribution >= 4 is 86.4 Å². The maximum absolute atomic E-state index is 12.4. The average molecular weight is 689 g/mol. The number of aromatic hydroxyl groups is 1. The standard InChI is InChI=1S/C19H16O4.C12H8Cl6O/c1-12(20)11-15(13-7-3-2-4-8-13)17-18(21)14-9-5-6-10-16(14)23-19(17)22;13-8-9(14)11(16)5-3-1-2(6-7(3)19-6)4(5)10(8,15)12(11,17)18/h2-10,15,21H,11H2,1H3;2-7H,1H2. The lowest BCUT2D eigenvalue weighted by Gasteiger charge is -2.38. The lowest BCUT2D eigenvalue weighted by Crippen LogP contribution is -2.46. The summed E-state index contributed by atoms with van der Waals surface area (Å²) in [5, 5.41) is 11.7. The number of halogens is 6. The van der Waals surface area contributed by atoms with E-state index in [0.29, 0.717) is 32.9 Å². The van der Waals surface area contributed by atoms with Gasteiger partial charge in [-0.1, -0.05) is 88.9 Å². The van der Waals surface area contributed by atoms with Crippen molar-refractivity contribution in [3.05, 3.63) is 86.2 Å². The molecule has 0 radical (unpaired) electrons. The number of carbonyl (C=O) groups excluding carboxylic acids is 1. The van der Waals surface area contributed by atoms with Gasteiger partial charge < -0.3 is 14.3 Å². The van der Waals surface area contributed by atoms with Crippen LogP contribution in [0.5, 0.6) is 5.75 Å². The number of allylic oxidation sites excluding steroid dienone is 2. The van der Waals surface area contributed by atoms with Gasteiger partial charge in [0.2, 0.25) is 0 Å². The Labute approximate surface area is 271 Å². The summed E-state index contributed by atoms with van der Waals surface area (Å²) in [7, 11) is 0. The largest absolute Gasteiger partial charge is 0.507 e. The van der Waals surface area contributed by atoms with Crippen LogP contribution in [0.1, 0.15) is 36.8 Å². The first-order valence-corrected chi connectivity index (χ1v) is 15.9. The predicted octanol–water partition coefficient (Wildman–Crippen LogP) is 8.09. The summed E-state index contributed by atoms with van der Waals surface area (Å²) in [4.78, 5) is 21.9. The van der Waals surface area contributed by atoms with Gasteiger partial charge in [-0.25, -0.2) is 4.79 Å². The first-order chi connectivity index (χ1) is 19.9. The van der Waals surface area contributed by atoms with Crippen LogP contribution in [-0.4, -0.2) is 37.2 Å². The maximum atomic E-state index is 12.4. The minimum absolute atomic E-state index is 0.0467. The Morgan fingerprint density at radius 2 is 1.48 bits per heavy atom. The highest BCUT2D eigenvalue weighted by Gasteiger charge is 2.89. The molecule has 9 atom stereocenters. The van der Waals surface area contributed by atoms with E-state index in [1.807, 2.05) is 30.3 Å². The molecule has 1 N–H and O–H groups in total. The molecule has 220 valence electrons. The summed E-state index contributed by atoms with van der Waals surface area (Å²) < 4.78 is 9.68. The Kier molecular flexibility index (Phi) is 6.82. The van der Waals surface area contributed by atoms with Crippen molar-refractivity contribution in [3.8, 4) is 5.75 Å². The van der Waals surface area contributed by atoms with Crippen LogP contribution in [0, 0.1) is 23.7 Å². The summed E-state index contributed by atoms with van der Waals surface area (Å²) in [5.74, 6) is 0.0604. The minimum Gasteiger partial charge on any atom is -0.507 e. The fourth-order valence-corrected chi connectivity index (χ4v) is 11.2. The lowest BCUT2D eigenvalue weighted by atomic mass is 9.73. The van der Waals surface area contributed by atoms with E-state index in [1.54, 1.807) is 24.3 Å². The first-order valence-electron chi connectivity index (χ1n) is 13.6. The van der Waals surface area contributed by atoms with E-state index in [2.05, 4.69) is 0 Å². The fourth-order valence-electron chi connectivity index (χ4n) is 8.11. The first kappa shape index (κ1) is 29.3. The molecule has 4 bridgehead atoms. The third-order valence-corrected chi connectivity index (χ3v) is 14.1. The van der Waals surface area contributed by atoms with Gasteiger partial charge in [0.05, 0.1) is 33.2 Å². The normalized spacial score (nSPS) is 36.8. The molecule has 1 aromatic heterocycles. The summed E-state index contributed by atoms with van der Waals surface area (Å²) in [6.07, 6.45) is 1.76. The van der Waals surface area contributed by atoms with Crippen molar-refractivity contribution in [1.29, 1.82) is 0 Å². The number of hydrogen-bond donors (Lipinski definition) is 1. The summed E-state index contributed by atoms with van der Waals surface area (Å²) >= 11 is 39.5. The van der Waals surface area contributed by atoms with Crippen LogP contribution in [0.25, 0.3) is 11.0 Å². The number of para-hydroxylation sites is 1. The molecule has 0 amide bonds. The summed E-state index contributed by atoms with van der Waals surface area (Å²) in [6, 6.07) is 16.0. The van der Waals surface area contributed by atoms with Crippen molar-refractivity contribution in [2.75, 3.05) is 0 Å². The molecule has 42 heavy (non-hydrogen) atoms. The van der Waals surface area contributed by atoms with E-state index < -0.39 is 25.6 Å². The molecule has 3 saturated carbocycles. The molecule has 5 nitrogen and oxygen atoms in total. The number of rotatable bonds is 4. The Hall–Kier alpha value is -1.44. The number of ketones is 1. The number of hydrogen-bond acceptors (Lipinski definition) is 5. The molecular formula is C31H24Cl6O5. The quantitative estimate of drug-likeness (QED) is 0.130. The van der Waals surface area contributed by atoms with Gasteiger partial charge in [0.1, 0.15) is 26.9 Å². The molecule has 11 heteroatoms. The van der Waals surface area contributed by atoms with Crippen molar-refractivity contribution in [2.45, 2.75) is 52.0 Å². The topological polar surface area (TPSA) is 80.0 Å². The van der Waals surface area contributed by atoms with E-state index in [0.717, 1.165) is 12.0 Å². The van der Waals surface area contributed by atoms with Crippen molar-refractivity contribution in [3.63, 3.8) is 0 Å². The van der Waals surface area contributed by atoms with E-state index in [4.69, 9.17) is 78.8 Å². The molecule has 4 aliphatic carbocycles. The molecule has 8 rings (SSSR count). The zero-order chi connectivity index (χ0) is 29.9. The summed E-state index contributed by atoms with van der Waals surface area (Å²) in [5.41, 5.74) is 0.635. The molecule has 3 aromatic rings. The molecule has 2 aromatic carbocycles. The Morgan fingerprint density at radius 1 is 0.929 bits per heavy atom. The molecule has 9 unspecified atom stereocenters. The number of alkyl halides is 4. The monoisotopic (exact) mass is 686 g/mol. The Balaban J connectivity index is 0.000000139. The van der Waals surface area contributed by atoms with Gasteiger partial charge >= 0.3 is 5.63 Å². The van der Waals surface area contributed by atoms with Gasteiger partial charge in [0, 0.05) is 12.3 Å². The highest BCUT2D eigenvalue weighted by atomic mass is 35.5. The van der Waals surface area contributed by atoms with Crippen LogP contribution < -0.4 is 5.63 Å². The van der Waals surface area contributed by atoms with Gasteiger partial charge in [-0.3, -0.25) is 4.79 Å². The lowest BCUT2D eigenvalue weighted by molar-refractivity contribution is -0.117. The van der Waals surface area contributed by atoms with Crippen LogP contribution in [0.4, 0.5) is 0 Å². The minimum atomic E-state index is -1.37. The number of fused-ring (bicyclic) bond motifs is 13. The average Bonchev–Trinajstić information content (AvgIpc) is 3.50. The molecule has 1 aliphatic heterocycles. The van der Waals surface area contributed by atoms with Crippen LogP contribution >= 0.6 is 69.6 Å². The molecule has 0 spiro atoms. The molecular weight excluding hydrogens is 665 g/mol. The molecule has 5 aliphatic rings. The highest BCUT2D eigenvalue weighted by Crippen LogP contribution is 2.84. The number of benzene rings is 2. The SMILES string of the molecule is CC(=O)CC(c1ccccc1)c1c(O)c2ccccc2oc1=O.ClC1=C(Cl)C2(Cl)C3C4CC(C5OC45)C3C1(Cl)C2(Cl)Cl. The van der Waals surface area contributed by atoms with Crippen LogP contribution in [-0.2, 0) is 9.53 Å². The predicted molar refractivity (Wildman–Crippen MR) is 165 cm³/mol. The number of Topliss-reactive ketones (excluding diaryl/α,β-unsaturated/α-hetero) is 1. The van der Waals surface area contributed by atoms with Crippen molar-refractivity contribution in [1.82, 2.24) is 0 Å². The van der Waals surface area contributed by atoms with Crippen LogP contribution in [0.2, 0.25) is 0 Å². The van der Waals surface area contributed by atoms with E-state index in [9.17, 15) is 14.7 Å². The van der Waals surface area contributed by atoms with Crippen LogP contribution in [0.15, 0.2) is 73.9 Å². The second kappa shape index (κ2) is 9.78. The van der Waals surface area contributed by atoms with Gasteiger partial charge in [0.15, 0.2) is 4.33 Å². The number of carbonyl (C=O) groups is 1. The third kappa shape index (κ3) is 3.68. The zero-order valence-electron chi connectivity index (χ0n) is 22.0. The van der Waals surface area contributed by atoms with Gasteiger partial charge in [-0.2, -0.15) is 0 Å². The smallest absolute Gasteiger partial charge is 0.343 e. The van der Waals surface area contributed by atoms with Gasteiger partial charge in [0.25, 0.3) is 0 Å². The van der Waals surface area contributed by atoms with E-state index >= 15 is 0 Å². The number of ether oxygens (including phenoxy) is 1. The van der Waals surface area contributed by atoms with Gasteiger partial charge in [-0.05, 0) is 54.7 Å². The second-order valence-corrected chi connectivity index (χ2v) is 15.1. The highest BCUT2D eigenvalue weighted by molar-refractivity contribution is 6.65. The van der Waals surface area contributed by atoms with Crippen LogP contribution in [0.3, 0.4) is 0 Å². The molecule has 2 heterocycles.